The number of rotatable bonds is 4. The van der Waals surface area contributed by atoms with Crippen molar-refractivity contribution in [1.82, 2.24) is 9.80 Å². The SMILES string of the molecule is CC(C)(C)c1ccc(NC(=O)N2CCCN(C(=O)CCC3CCCCC3)CC2)cc1. The summed E-state index contributed by atoms with van der Waals surface area (Å²) in [5, 5.41) is 3.01. The van der Waals surface area contributed by atoms with Crippen molar-refractivity contribution in [3.8, 4) is 0 Å². The number of nitrogens with zero attached hydrogens (tertiary/aromatic N) is 2. The minimum Gasteiger partial charge on any atom is -0.341 e. The van der Waals surface area contributed by atoms with Crippen molar-refractivity contribution < 1.29 is 9.59 Å². The zero-order chi connectivity index (χ0) is 21.6. The topological polar surface area (TPSA) is 52.7 Å². The van der Waals surface area contributed by atoms with Crippen LogP contribution in [0.15, 0.2) is 24.3 Å². The monoisotopic (exact) mass is 413 g/mol. The molecule has 2 aliphatic rings. The van der Waals surface area contributed by atoms with E-state index in [0.717, 1.165) is 31.0 Å². The van der Waals surface area contributed by atoms with Gasteiger partial charge in [-0.1, -0.05) is 65.0 Å². The number of nitrogens with one attached hydrogen (secondary N) is 1. The Balaban J connectivity index is 1.45. The summed E-state index contributed by atoms with van der Waals surface area (Å²) in [4.78, 5) is 29.2. The molecule has 0 bridgehead atoms. The summed E-state index contributed by atoms with van der Waals surface area (Å²) in [5.41, 5.74) is 2.16. The molecule has 2 fully saturated rings. The maximum Gasteiger partial charge on any atom is 0.321 e. The zero-order valence-electron chi connectivity index (χ0n) is 19.1. The quantitative estimate of drug-likeness (QED) is 0.717. The molecule has 1 heterocycles. The fourth-order valence-corrected chi connectivity index (χ4v) is 4.59. The van der Waals surface area contributed by atoms with Crippen LogP contribution in [-0.2, 0) is 10.2 Å². The molecule has 0 unspecified atom stereocenters. The highest BCUT2D eigenvalue weighted by Crippen LogP contribution is 2.27. The van der Waals surface area contributed by atoms with E-state index in [0.29, 0.717) is 26.1 Å². The van der Waals surface area contributed by atoms with Gasteiger partial charge in [-0.2, -0.15) is 0 Å². The first-order chi connectivity index (χ1) is 14.3. The molecule has 166 valence electrons. The van der Waals surface area contributed by atoms with Crippen LogP contribution >= 0.6 is 0 Å². The molecule has 0 aromatic heterocycles. The molecule has 0 atom stereocenters. The maximum atomic E-state index is 12.7. The van der Waals surface area contributed by atoms with E-state index in [2.05, 4.69) is 38.2 Å². The van der Waals surface area contributed by atoms with Gasteiger partial charge in [-0.05, 0) is 41.9 Å². The van der Waals surface area contributed by atoms with Crippen LogP contribution in [0.5, 0.6) is 0 Å². The number of carbonyl (C=O) groups is 2. The van der Waals surface area contributed by atoms with E-state index in [4.69, 9.17) is 0 Å². The first-order valence-corrected chi connectivity index (χ1v) is 11.8. The lowest BCUT2D eigenvalue weighted by atomic mass is 9.86. The van der Waals surface area contributed by atoms with Crippen molar-refractivity contribution in [2.45, 2.75) is 77.6 Å². The Morgan fingerprint density at radius 3 is 2.20 bits per heavy atom. The van der Waals surface area contributed by atoms with Crippen LogP contribution in [0, 0.1) is 5.92 Å². The minimum absolute atomic E-state index is 0.0741. The van der Waals surface area contributed by atoms with E-state index in [1.807, 2.05) is 21.9 Å². The standard InChI is InChI=1S/C25H39N3O2/c1-25(2,3)21-11-13-22(14-12-21)26-24(30)28-17-7-16-27(18-19-28)23(29)15-10-20-8-5-4-6-9-20/h11-14,20H,4-10,15-19H2,1-3H3,(H,26,30). The minimum atomic E-state index is -0.0741. The van der Waals surface area contributed by atoms with Crippen molar-refractivity contribution in [3.05, 3.63) is 29.8 Å². The van der Waals surface area contributed by atoms with Crippen molar-refractivity contribution >= 4 is 17.6 Å². The predicted molar refractivity (Wildman–Crippen MR) is 123 cm³/mol. The molecule has 1 aromatic rings. The fourth-order valence-electron chi connectivity index (χ4n) is 4.59. The summed E-state index contributed by atoms with van der Waals surface area (Å²) in [6.07, 6.45) is 9.12. The van der Waals surface area contributed by atoms with Gasteiger partial charge in [-0.25, -0.2) is 4.79 Å². The van der Waals surface area contributed by atoms with E-state index >= 15 is 0 Å². The van der Waals surface area contributed by atoms with Gasteiger partial charge in [0.05, 0.1) is 0 Å². The predicted octanol–water partition coefficient (Wildman–Crippen LogP) is 5.41. The summed E-state index contributed by atoms with van der Waals surface area (Å²) in [6.45, 7) is 9.23. The van der Waals surface area contributed by atoms with E-state index in [1.165, 1.54) is 37.7 Å². The Hall–Kier alpha value is -2.04. The summed E-state index contributed by atoms with van der Waals surface area (Å²) >= 11 is 0. The summed E-state index contributed by atoms with van der Waals surface area (Å²) in [5.74, 6) is 1.00. The van der Waals surface area contributed by atoms with Crippen LogP contribution in [0.1, 0.15) is 77.7 Å². The van der Waals surface area contributed by atoms with Gasteiger partial charge in [0.2, 0.25) is 5.91 Å². The highest BCUT2D eigenvalue weighted by Gasteiger charge is 2.23. The van der Waals surface area contributed by atoms with Gasteiger partial charge in [0.15, 0.2) is 0 Å². The van der Waals surface area contributed by atoms with Crippen molar-refractivity contribution in [3.63, 3.8) is 0 Å². The Labute approximate surface area is 182 Å². The largest absolute Gasteiger partial charge is 0.341 e. The Morgan fingerprint density at radius 2 is 1.53 bits per heavy atom. The maximum absolute atomic E-state index is 12.7. The normalized spacial score (nSPS) is 18.8. The number of benzene rings is 1. The summed E-state index contributed by atoms with van der Waals surface area (Å²) in [6, 6.07) is 8.01. The summed E-state index contributed by atoms with van der Waals surface area (Å²) < 4.78 is 0. The molecule has 0 radical (unpaired) electrons. The van der Waals surface area contributed by atoms with Crippen LogP contribution in [0.4, 0.5) is 10.5 Å². The second kappa shape index (κ2) is 10.3. The third kappa shape index (κ3) is 6.48. The van der Waals surface area contributed by atoms with Gasteiger partial charge < -0.3 is 15.1 Å². The molecule has 30 heavy (non-hydrogen) atoms. The molecule has 5 nitrogen and oxygen atoms in total. The molecule has 0 spiro atoms. The van der Waals surface area contributed by atoms with E-state index < -0.39 is 0 Å². The molecule has 1 N–H and O–H groups in total. The zero-order valence-corrected chi connectivity index (χ0v) is 19.1. The number of hydrogen-bond acceptors (Lipinski definition) is 2. The molecular formula is C25H39N3O2. The Kier molecular flexibility index (Phi) is 7.79. The van der Waals surface area contributed by atoms with E-state index in [9.17, 15) is 9.59 Å². The van der Waals surface area contributed by atoms with Crippen LogP contribution in [0.2, 0.25) is 0 Å². The lowest BCUT2D eigenvalue weighted by Crippen LogP contribution is -2.39. The smallest absolute Gasteiger partial charge is 0.321 e. The molecule has 1 saturated heterocycles. The lowest BCUT2D eigenvalue weighted by molar-refractivity contribution is -0.131. The van der Waals surface area contributed by atoms with Gasteiger partial charge in [0.25, 0.3) is 0 Å². The van der Waals surface area contributed by atoms with Crippen LogP contribution < -0.4 is 5.32 Å². The number of hydrogen-bond donors (Lipinski definition) is 1. The lowest BCUT2D eigenvalue weighted by Gasteiger charge is -2.25. The molecule has 1 saturated carbocycles. The first kappa shape index (κ1) is 22.6. The second-order valence-electron chi connectivity index (χ2n) is 10.0. The highest BCUT2D eigenvalue weighted by atomic mass is 16.2. The van der Waals surface area contributed by atoms with Crippen LogP contribution in [0.3, 0.4) is 0 Å². The van der Waals surface area contributed by atoms with Crippen molar-refractivity contribution in [1.29, 1.82) is 0 Å². The molecule has 5 heteroatoms. The Morgan fingerprint density at radius 1 is 0.900 bits per heavy atom. The molecule has 1 aromatic carbocycles. The number of amides is 3. The first-order valence-electron chi connectivity index (χ1n) is 11.8. The van der Waals surface area contributed by atoms with Crippen LogP contribution in [-0.4, -0.2) is 47.9 Å². The average molecular weight is 414 g/mol. The number of anilines is 1. The van der Waals surface area contributed by atoms with Gasteiger partial charge >= 0.3 is 6.03 Å². The molecule has 3 rings (SSSR count). The number of carbonyl (C=O) groups excluding carboxylic acids is 2. The van der Waals surface area contributed by atoms with Gasteiger partial charge in [-0.15, -0.1) is 0 Å². The van der Waals surface area contributed by atoms with Gasteiger partial charge in [-0.3, -0.25) is 4.79 Å². The third-order valence-corrected chi connectivity index (χ3v) is 6.63. The molecular weight excluding hydrogens is 374 g/mol. The molecule has 3 amide bonds. The van der Waals surface area contributed by atoms with Crippen molar-refractivity contribution in [2.75, 3.05) is 31.5 Å². The number of urea groups is 1. The highest BCUT2D eigenvalue weighted by molar-refractivity contribution is 5.89. The van der Waals surface area contributed by atoms with Gasteiger partial charge in [0, 0.05) is 38.3 Å². The third-order valence-electron chi connectivity index (χ3n) is 6.63. The summed E-state index contributed by atoms with van der Waals surface area (Å²) in [7, 11) is 0. The average Bonchev–Trinajstić information content (AvgIpc) is 2.99. The molecule has 1 aliphatic heterocycles. The Bertz CT molecular complexity index is 702. The van der Waals surface area contributed by atoms with E-state index in [-0.39, 0.29) is 17.4 Å². The van der Waals surface area contributed by atoms with E-state index in [1.54, 1.807) is 0 Å². The van der Waals surface area contributed by atoms with Gasteiger partial charge in [0.1, 0.15) is 0 Å². The molecule has 1 aliphatic carbocycles. The fraction of sp³-hybridized carbons (Fsp3) is 0.680. The van der Waals surface area contributed by atoms with Crippen molar-refractivity contribution in [2.24, 2.45) is 5.92 Å². The second-order valence-corrected chi connectivity index (χ2v) is 10.0. The van der Waals surface area contributed by atoms with Crippen LogP contribution in [0.25, 0.3) is 0 Å².